The Labute approximate surface area is 134 Å². The zero-order chi connectivity index (χ0) is 16.3. The molecule has 0 aliphatic rings. The Morgan fingerprint density at radius 2 is 1.59 bits per heavy atom. The molecule has 0 saturated carbocycles. The second-order valence-electron chi connectivity index (χ2n) is 6.12. The number of nitrogens with zero attached hydrogens (tertiary/aromatic N) is 2. The van der Waals surface area contributed by atoms with Crippen LogP contribution < -0.4 is 5.32 Å². The van der Waals surface area contributed by atoms with E-state index in [4.69, 9.17) is 9.97 Å². The van der Waals surface area contributed by atoms with Gasteiger partial charge in [-0.1, -0.05) is 31.5 Å². The minimum Gasteiger partial charge on any atom is -0.366 e. The van der Waals surface area contributed by atoms with Crippen molar-refractivity contribution in [3.63, 3.8) is 0 Å². The number of nitrogens with one attached hydrogen (secondary N) is 1. The van der Waals surface area contributed by atoms with E-state index in [-0.39, 0.29) is 0 Å². The van der Waals surface area contributed by atoms with Gasteiger partial charge in [0.1, 0.15) is 5.82 Å². The maximum atomic E-state index is 4.72. The predicted octanol–water partition coefficient (Wildman–Crippen LogP) is 4.98. The summed E-state index contributed by atoms with van der Waals surface area (Å²) in [5, 5.41) is 3.46. The van der Waals surface area contributed by atoms with Gasteiger partial charge in [-0.05, 0) is 51.7 Å². The van der Waals surface area contributed by atoms with Gasteiger partial charge in [0.15, 0.2) is 0 Å². The van der Waals surface area contributed by atoms with Crippen LogP contribution in [0.1, 0.15) is 49.1 Å². The second kappa shape index (κ2) is 6.91. The summed E-state index contributed by atoms with van der Waals surface area (Å²) in [6, 6.07) is 4.88. The fourth-order valence-electron chi connectivity index (χ4n) is 3.05. The molecule has 1 N–H and O–H groups in total. The Balaban J connectivity index is 2.39. The van der Waals surface area contributed by atoms with Crippen molar-refractivity contribution in [1.29, 1.82) is 0 Å². The Morgan fingerprint density at radius 1 is 1.00 bits per heavy atom. The van der Waals surface area contributed by atoms with E-state index in [1.54, 1.807) is 0 Å². The normalized spacial score (nSPS) is 11.0. The molecule has 2 rings (SSSR count). The van der Waals surface area contributed by atoms with Crippen molar-refractivity contribution in [3.8, 4) is 11.3 Å². The van der Waals surface area contributed by atoms with Gasteiger partial charge in [0.25, 0.3) is 0 Å². The molecule has 2 aromatic rings. The molecule has 0 spiro atoms. The third-order valence-electron chi connectivity index (χ3n) is 4.20. The zero-order valence-corrected chi connectivity index (χ0v) is 14.6. The van der Waals surface area contributed by atoms with E-state index >= 15 is 0 Å². The predicted molar refractivity (Wildman–Crippen MR) is 94.4 cm³/mol. The van der Waals surface area contributed by atoms with Gasteiger partial charge in [-0.25, -0.2) is 4.98 Å². The lowest BCUT2D eigenvalue weighted by Crippen LogP contribution is -2.18. The third kappa shape index (κ3) is 3.46. The van der Waals surface area contributed by atoms with Gasteiger partial charge in [-0.15, -0.1) is 0 Å². The Morgan fingerprint density at radius 3 is 2.09 bits per heavy atom. The summed E-state index contributed by atoms with van der Waals surface area (Å²) in [6.07, 6.45) is 4.05. The maximum Gasteiger partial charge on any atom is 0.145 e. The van der Waals surface area contributed by atoms with Crippen LogP contribution in [0, 0.1) is 27.7 Å². The standard InChI is InChI=1S/C19H27N3/c1-7-16(8-2)22-17-11-20-19(15(6)21-17)18-13(4)9-12(3)10-14(18)5/h9-11,16H,7-8H2,1-6H3,(H,21,22). The number of benzene rings is 1. The van der Waals surface area contributed by atoms with Crippen LogP contribution in [0.2, 0.25) is 0 Å². The first-order chi connectivity index (χ1) is 10.5. The molecule has 3 heteroatoms. The summed E-state index contributed by atoms with van der Waals surface area (Å²) in [6.45, 7) is 12.8. The molecular formula is C19H27N3. The van der Waals surface area contributed by atoms with Crippen molar-refractivity contribution in [3.05, 3.63) is 40.7 Å². The van der Waals surface area contributed by atoms with Crippen LogP contribution in [-0.4, -0.2) is 16.0 Å². The molecule has 0 amide bonds. The van der Waals surface area contributed by atoms with Crippen molar-refractivity contribution in [1.82, 2.24) is 9.97 Å². The molecule has 0 aliphatic heterocycles. The van der Waals surface area contributed by atoms with Gasteiger partial charge in [0, 0.05) is 11.6 Å². The van der Waals surface area contributed by atoms with Gasteiger partial charge < -0.3 is 5.32 Å². The first-order valence-electron chi connectivity index (χ1n) is 8.14. The van der Waals surface area contributed by atoms with E-state index in [0.717, 1.165) is 30.0 Å². The van der Waals surface area contributed by atoms with Crippen LogP contribution in [0.5, 0.6) is 0 Å². The van der Waals surface area contributed by atoms with Gasteiger partial charge >= 0.3 is 0 Å². The Hall–Kier alpha value is -1.90. The number of anilines is 1. The van der Waals surface area contributed by atoms with Crippen molar-refractivity contribution >= 4 is 5.82 Å². The minimum absolute atomic E-state index is 0.461. The maximum absolute atomic E-state index is 4.72. The van der Waals surface area contributed by atoms with Gasteiger partial charge in [0.05, 0.1) is 17.6 Å². The highest BCUT2D eigenvalue weighted by molar-refractivity contribution is 5.70. The van der Waals surface area contributed by atoms with Crippen LogP contribution >= 0.6 is 0 Å². The van der Waals surface area contributed by atoms with E-state index in [1.807, 2.05) is 13.1 Å². The van der Waals surface area contributed by atoms with E-state index in [0.29, 0.717) is 6.04 Å². The monoisotopic (exact) mass is 297 g/mol. The molecule has 0 atom stereocenters. The highest BCUT2D eigenvalue weighted by Crippen LogP contribution is 2.29. The quantitative estimate of drug-likeness (QED) is 0.846. The van der Waals surface area contributed by atoms with Crippen molar-refractivity contribution < 1.29 is 0 Å². The summed E-state index contributed by atoms with van der Waals surface area (Å²) < 4.78 is 0. The van der Waals surface area contributed by atoms with Crippen LogP contribution in [0.4, 0.5) is 5.82 Å². The summed E-state index contributed by atoms with van der Waals surface area (Å²) >= 11 is 0. The van der Waals surface area contributed by atoms with Crippen LogP contribution in [0.15, 0.2) is 18.3 Å². The highest BCUT2D eigenvalue weighted by atomic mass is 15.0. The first-order valence-corrected chi connectivity index (χ1v) is 8.14. The fourth-order valence-corrected chi connectivity index (χ4v) is 3.05. The molecule has 118 valence electrons. The van der Waals surface area contributed by atoms with E-state index < -0.39 is 0 Å². The lowest BCUT2D eigenvalue weighted by Gasteiger charge is -2.17. The molecule has 0 fully saturated rings. The molecule has 1 aromatic carbocycles. The number of rotatable bonds is 5. The van der Waals surface area contributed by atoms with Crippen molar-refractivity contribution in [2.24, 2.45) is 0 Å². The summed E-state index contributed by atoms with van der Waals surface area (Å²) in [5.41, 5.74) is 6.99. The lowest BCUT2D eigenvalue weighted by atomic mass is 9.96. The van der Waals surface area contributed by atoms with Crippen molar-refractivity contribution in [2.45, 2.75) is 60.4 Å². The summed E-state index contributed by atoms with van der Waals surface area (Å²) in [5.74, 6) is 0.873. The average molecular weight is 297 g/mol. The Bertz CT molecular complexity index is 635. The average Bonchev–Trinajstić information content (AvgIpc) is 2.45. The number of aromatic nitrogens is 2. The lowest BCUT2D eigenvalue weighted by molar-refractivity contribution is 0.667. The molecule has 0 aliphatic carbocycles. The van der Waals surface area contributed by atoms with E-state index in [1.165, 1.54) is 22.3 Å². The van der Waals surface area contributed by atoms with E-state index in [2.05, 4.69) is 52.1 Å². The molecule has 22 heavy (non-hydrogen) atoms. The van der Waals surface area contributed by atoms with Gasteiger partial charge in [-0.3, -0.25) is 4.98 Å². The molecule has 0 unspecified atom stereocenters. The summed E-state index contributed by atoms with van der Waals surface area (Å²) in [7, 11) is 0. The third-order valence-corrected chi connectivity index (χ3v) is 4.20. The van der Waals surface area contributed by atoms with Crippen LogP contribution in [0.25, 0.3) is 11.3 Å². The fraction of sp³-hybridized carbons (Fsp3) is 0.474. The number of hydrogen-bond donors (Lipinski definition) is 1. The first kappa shape index (κ1) is 16.5. The molecule has 0 radical (unpaired) electrons. The van der Waals surface area contributed by atoms with E-state index in [9.17, 15) is 0 Å². The van der Waals surface area contributed by atoms with Gasteiger partial charge in [0.2, 0.25) is 0 Å². The van der Waals surface area contributed by atoms with Crippen LogP contribution in [-0.2, 0) is 0 Å². The largest absolute Gasteiger partial charge is 0.366 e. The van der Waals surface area contributed by atoms with Gasteiger partial charge in [-0.2, -0.15) is 0 Å². The topological polar surface area (TPSA) is 37.8 Å². The molecule has 1 heterocycles. The Kier molecular flexibility index (Phi) is 5.17. The highest BCUT2D eigenvalue weighted by Gasteiger charge is 2.13. The van der Waals surface area contributed by atoms with Crippen LogP contribution in [0.3, 0.4) is 0 Å². The zero-order valence-electron chi connectivity index (χ0n) is 14.6. The SMILES string of the molecule is CCC(CC)Nc1cnc(-c2c(C)cc(C)cc2C)c(C)n1. The molecule has 1 aromatic heterocycles. The molecule has 3 nitrogen and oxygen atoms in total. The molecular weight excluding hydrogens is 270 g/mol. The molecule has 0 saturated heterocycles. The number of aryl methyl sites for hydroxylation is 4. The summed E-state index contributed by atoms with van der Waals surface area (Å²) in [4.78, 5) is 9.41. The second-order valence-corrected chi connectivity index (χ2v) is 6.12. The smallest absolute Gasteiger partial charge is 0.145 e. The van der Waals surface area contributed by atoms with Crippen molar-refractivity contribution in [2.75, 3.05) is 5.32 Å². The minimum atomic E-state index is 0.461. The molecule has 0 bridgehead atoms. The number of hydrogen-bond acceptors (Lipinski definition) is 3.